The van der Waals surface area contributed by atoms with Gasteiger partial charge < -0.3 is 4.74 Å². The van der Waals surface area contributed by atoms with Crippen LogP contribution in [0.4, 0.5) is 0 Å². The lowest BCUT2D eigenvalue weighted by molar-refractivity contribution is -0.144. The van der Waals surface area contributed by atoms with E-state index in [0.717, 1.165) is 5.56 Å². The topological polar surface area (TPSA) is 26.3 Å². The van der Waals surface area contributed by atoms with Crippen molar-refractivity contribution in [3.8, 4) is 0 Å². The van der Waals surface area contributed by atoms with Gasteiger partial charge in [-0.2, -0.15) is 0 Å². The average Bonchev–Trinajstić information content (AvgIpc) is 2.36. The van der Waals surface area contributed by atoms with E-state index in [1.807, 2.05) is 45.0 Å². The lowest BCUT2D eigenvalue weighted by atomic mass is 9.88. The first-order valence-corrected chi connectivity index (χ1v) is 6.87. The molecule has 1 rings (SSSR count). The summed E-state index contributed by atoms with van der Waals surface area (Å²) in [6.45, 7) is 6.47. The summed E-state index contributed by atoms with van der Waals surface area (Å²) in [6.07, 6.45) is 1.79. The summed E-state index contributed by atoms with van der Waals surface area (Å²) in [7, 11) is 0. The van der Waals surface area contributed by atoms with Gasteiger partial charge in [-0.15, -0.1) is 0 Å². The number of ketones is 1. The smallest absolute Gasteiger partial charge is 0.168 e. The van der Waals surface area contributed by atoms with Crippen LogP contribution in [0.3, 0.4) is 0 Å². The van der Waals surface area contributed by atoms with E-state index in [-0.39, 0.29) is 5.78 Å². The molecular formula is C15H21ClO2. The zero-order valence-electron chi connectivity index (χ0n) is 11.3. The van der Waals surface area contributed by atoms with E-state index in [2.05, 4.69) is 0 Å². The third-order valence-electron chi connectivity index (χ3n) is 3.32. The largest absolute Gasteiger partial charge is 0.368 e. The summed E-state index contributed by atoms with van der Waals surface area (Å²) in [5, 5.41) is 0.662. The van der Waals surface area contributed by atoms with Gasteiger partial charge in [0.1, 0.15) is 5.60 Å². The number of rotatable bonds is 7. The Bertz CT molecular complexity index is 397. The third kappa shape index (κ3) is 3.56. The second-order valence-electron chi connectivity index (χ2n) is 4.36. The summed E-state index contributed by atoms with van der Waals surface area (Å²) in [6, 6.07) is 7.43. The Morgan fingerprint density at radius 1 is 1.28 bits per heavy atom. The maximum absolute atomic E-state index is 12.4. The van der Waals surface area contributed by atoms with Gasteiger partial charge in [-0.25, -0.2) is 0 Å². The van der Waals surface area contributed by atoms with Crippen LogP contribution in [0.25, 0.3) is 0 Å². The second kappa shape index (κ2) is 6.91. The summed E-state index contributed by atoms with van der Waals surface area (Å²) < 4.78 is 5.71. The predicted octanol–water partition coefficient (Wildman–Crippen LogP) is 4.05. The molecule has 0 spiro atoms. The second-order valence-corrected chi connectivity index (χ2v) is 4.80. The van der Waals surface area contributed by atoms with Crippen molar-refractivity contribution in [2.75, 3.05) is 6.61 Å². The summed E-state index contributed by atoms with van der Waals surface area (Å²) >= 11 is 5.93. The molecule has 1 aromatic rings. The van der Waals surface area contributed by atoms with Crippen molar-refractivity contribution in [2.45, 2.75) is 45.6 Å². The highest BCUT2D eigenvalue weighted by molar-refractivity contribution is 6.30. The van der Waals surface area contributed by atoms with Crippen molar-refractivity contribution >= 4 is 17.4 Å². The van der Waals surface area contributed by atoms with Crippen molar-refractivity contribution in [3.05, 3.63) is 34.9 Å². The fraction of sp³-hybridized carbons (Fsp3) is 0.533. The van der Waals surface area contributed by atoms with Crippen LogP contribution < -0.4 is 0 Å². The molecule has 0 aliphatic heterocycles. The van der Waals surface area contributed by atoms with E-state index in [1.165, 1.54) is 0 Å². The number of Topliss-reactive ketones (excluding diaryl/α,β-unsaturated/α-hetero) is 1. The van der Waals surface area contributed by atoms with Crippen molar-refractivity contribution in [1.82, 2.24) is 0 Å². The van der Waals surface area contributed by atoms with Gasteiger partial charge in [-0.05, 0) is 37.5 Å². The van der Waals surface area contributed by atoms with Crippen LogP contribution >= 0.6 is 11.6 Å². The number of carbonyl (C=O) groups is 1. The number of benzene rings is 1. The number of hydrogen-bond acceptors (Lipinski definition) is 2. The molecule has 0 fully saturated rings. The van der Waals surface area contributed by atoms with Crippen LogP contribution in [0.15, 0.2) is 24.3 Å². The average molecular weight is 269 g/mol. The van der Waals surface area contributed by atoms with Crippen LogP contribution in [0.2, 0.25) is 5.02 Å². The molecule has 18 heavy (non-hydrogen) atoms. The number of ether oxygens (including phenoxy) is 1. The van der Waals surface area contributed by atoms with Gasteiger partial charge in [0.25, 0.3) is 0 Å². The monoisotopic (exact) mass is 268 g/mol. The maximum Gasteiger partial charge on any atom is 0.168 e. The van der Waals surface area contributed by atoms with Crippen LogP contribution in [0.5, 0.6) is 0 Å². The minimum atomic E-state index is -0.642. The summed E-state index contributed by atoms with van der Waals surface area (Å²) in [4.78, 5) is 12.4. The van der Waals surface area contributed by atoms with Gasteiger partial charge in [-0.3, -0.25) is 4.79 Å². The van der Waals surface area contributed by atoms with Gasteiger partial charge in [0.2, 0.25) is 0 Å². The molecule has 2 nitrogen and oxygen atoms in total. The highest BCUT2D eigenvalue weighted by Crippen LogP contribution is 2.24. The highest BCUT2D eigenvalue weighted by Gasteiger charge is 2.34. The Hall–Kier alpha value is -0.860. The van der Waals surface area contributed by atoms with Gasteiger partial charge in [-0.1, -0.05) is 37.6 Å². The number of halogens is 1. The molecule has 0 atom stereocenters. The molecule has 0 aromatic heterocycles. The highest BCUT2D eigenvalue weighted by atomic mass is 35.5. The Kier molecular flexibility index (Phi) is 5.83. The molecule has 0 unspecified atom stereocenters. The summed E-state index contributed by atoms with van der Waals surface area (Å²) in [5.41, 5.74) is 0.301. The Balaban J connectivity index is 2.85. The Labute approximate surface area is 114 Å². The quantitative estimate of drug-likeness (QED) is 0.746. The van der Waals surface area contributed by atoms with E-state index >= 15 is 0 Å². The molecule has 100 valence electrons. The Morgan fingerprint density at radius 2 is 1.94 bits per heavy atom. The molecule has 0 saturated carbocycles. The minimum Gasteiger partial charge on any atom is -0.368 e. The molecule has 3 heteroatoms. The third-order valence-corrected chi connectivity index (χ3v) is 3.56. The summed E-state index contributed by atoms with van der Waals surface area (Å²) in [5.74, 6) is 0.136. The van der Waals surface area contributed by atoms with Crippen LogP contribution in [0.1, 0.15) is 39.2 Å². The fourth-order valence-corrected chi connectivity index (χ4v) is 2.41. The zero-order chi connectivity index (χ0) is 13.6. The van der Waals surface area contributed by atoms with E-state index in [0.29, 0.717) is 30.9 Å². The van der Waals surface area contributed by atoms with E-state index in [4.69, 9.17) is 16.3 Å². The lowest BCUT2D eigenvalue weighted by Crippen LogP contribution is -2.41. The standard InChI is InChI=1S/C15H21ClO2/c1-4-15(5-2,18-6-3)14(17)11-12-8-7-9-13(16)10-12/h7-10H,4-6,11H2,1-3H3. The molecule has 0 saturated heterocycles. The molecule has 0 heterocycles. The maximum atomic E-state index is 12.4. The molecule has 1 aromatic carbocycles. The van der Waals surface area contributed by atoms with E-state index in [1.54, 1.807) is 0 Å². The molecule has 0 aliphatic carbocycles. The van der Waals surface area contributed by atoms with Gasteiger partial charge >= 0.3 is 0 Å². The molecule has 0 bridgehead atoms. The van der Waals surface area contributed by atoms with Crippen LogP contribution in [-0.2, 0) is 16.0 Å². The van der Waals surface area contributed by atoms with E-state index < -0.39 is 5.60 Å². The predicted molar refractivity (Wildman–Crippen MR) is 75.1 cm³/mol. The van der Waals surface area contributed by atoms with Crippen LogP contribution in [-0.4, -0.2) is 18.0 Å². The molecular weight excluding hydrogens is 248 g/mol. The zero-order valence-corrected chi connectivity index (χ0v) is 12.1. The molecule has 0 amide bonds. The Morgan fingerprint density at radius 3 is 2.44 bits per heavy atom. The molecule has 0 radical (unpaired) electrons. The van der Waals surface area contributed by atoms with Crippen molar-refractivity contribution in [2.24, 2.45) is 0 Å². The normalized spacial score (nSPS) is 11.6. The van der Waals surface area contributed by atoms with Gasteiger partial charge in [0, 0.05) is 18.1 Å². The van der Waals surface area contributed by atoms with Crippen molar-refractivity contribution in [1.29, 1.82) is 0 Å². The first kappa shape index (κ1) is 15.2. The minimum absolute atomic E-state index is 0.136. The number of hydrogen-bond donors (Lipinski definition) is 0. The van der Waals surface area contributed by atoms with Gasteiger partial charge in [0.05, 0.1) is 0 Å². The van der Waals surface area contributed by atoms with Gasteiger partial charge in [0.15, 0.2) is 5.78 Å². The van der Waals surface area contributed by atoms with Crippen molar-refractivity contribution in [3.63, 3.8) is 0 Å². The molecule has 0 N–H and O–H groups in total. The first-order valence-electron chi connectivity index (χ1n) is 6.49. The first-order chi connectivity index (χ1) is 8.57. The van der Waals surface area contributed by atoms with Crippen LogP contribution in [0, 0.1) is 0 Å². The lowest BCUT2D eigenvalue weighted by Gasteiger charge is -2.30. The number of carbonyl (C=O) groups excluding carboxylic acids is 1. The molecule has 0 aliphatic rings. The SMILES string of the molecule is CCOC(CC)(CC)C(=O)Cc1cccc(Cl)c1. The van der Waals surface area contributed by atoms with Crippen molar-refractivity contribution < 1.29 is 9.53 Å². The fourth-order valence-electron chi connectivity index (χ4n) is 2.20. The van der Waals surface area contributed by atoms with E-state index in [9.17, 15) is 4.79 Å².